The van der Waals surface area contributed by atoms with Gasteiger partial charge in [-0.15, -0.1) is 17.0 Å². The molecular formula is C11H17BrO11. The van der Waals surface area contributed by atoms with E-state index < -0.39 is 42.5 Å². The summed E-state index contributed by atoms with van der Waals surface area (Å²) in [6, 6.07) is 0. The Balaban J connectivity index is 0.00000484. The normalized spacial score (nSPS) is 26.6. The molecule has 0 amide bonds. The van der Waals surface area contributed by atoms with E-state index in [1.165, 1.54) is 0 Å². The Labute approximate surface area is 141 Å². The predicted octanol–water partition coefficient (Wildman–Crippen LogP) is -0.497. The van der Waals surface area contributed by atoms with Gasteiger partial charge in [-0.2, -0.15) is 14.7 Å². The van der Waals surface area contributed by atoms with Crippen molar-refractivity contribution in [3.63, 3.8) is 0 Å². The molecule has 0 spiro atoms. The Morgan fingerprint density at radius 3 is 1.78 bits per heavy atom. The van der Waals surface area contributed by atoms with Crippen molar-refractivity contribution < 1.29 is 53.6 Å². The molecule has 1 N–H and O–H groups in total. The number of aliphatic hydroxyl groups is 1. The minimum atomic E-state index is -1.57. The van der Waals surface area contributed by atoms with Crippen LogP contribution < -0.4 is 0 Å². The van der Waals surface area contributed by atoms with E-state index in [2.05, 4.69) is 19.6 Å². The number of hydrogen-bond donors (Lipinski definition) is 1. The molecular weight excluding hydrogens is 388 g/mol. The molecule has 0 aliphatic carbocycles. The number of halogens is 1. The molecule has 23 heavy (non-hydrogen) atoms. The molecule has 1 fully saturated rings. The highest BCUT2D eigenvalue weighted by Gasteiger charge is 2.46. The van der Waals surface area contributed by atoms with Gasteiger partial charge >= 0.3 is 17.9 Å². The van der Waals surface area contributed by atoms with Crippen LogP contribution >= 0.6 is 17.0 Å². The molecule has 0 bridgehead atoms. The smallest absolute Gasteiger partial charge is 0.339 e. The lowest BCUT2D eigenvalue weighted by Crippen LogP contribution is -2.56. The average molecular weight is 405 g/mol. The van der Waals surface area contributed by atoms with Crippen LogP contribution in [0.4, 0.5) is 0 Å². The number of ether oxygens (including phenoxy) is 1. The van der Waals surface area contributed by atoms with Crippen molar-refractivity contribution in [3.05, 3.63) is 0 Å². The van der Waals surface area contributed by atoms with Crippen LogP contribution in [0.3, 0.4) is 0 Å². The summed E-state index contributed by atoms with van der Waals surface area (Å²) in [5, 5.41) is 9.69. The maximum absolute atomic E-state index is 10.8. The van der Waals surface area contributed by atoms with Crippen molar-refractivity contribution in [3.8, 4) is 0 Å². The number of aliphatic hydroxyl groups excluding tert-OH is 1. The second kappa shape index (κ2) is 10.5. The van der Waals surface area contributed by atoms with Crippen LogP contribution in [0.5, 0.6) is 0 Å². The van der Waals surface area contributed by atoms with Crippen LogP contribution in [0, 0.1) is 0 Å². The summed E-state index contributed by atoms with van der Waals surface area (Å²) >= 11 is 0. The molecule has 0 saturated carbocycles. The number of carbonyl (C=O) groups is 3. The second-order valence-electron chi connectivity index (χ2n) is 4.20. The zero-order valence-electron chi connectivity index (χ0n) is 12.5. The minimum Gasteiger partial charge on any atom is -0.366 e. The number of hydrogen-bond acceptors (Lipinski definition) is 11. The van der Waals surface area contributed by atoms with Crippen molar-refractivity contribution in [2.45, 2.75) is 45.4 Å². The molecule has 1 saturated heterocycles. The van der Waals surface area contributed by atoms with Crippen molar-refractivity contribution in [1.29, 1.82) is 0 Å². The second-order valence-corrected chi connectivity index (χ2v) is 4.20. The van der Waals surface area contributed by atoms with Gasteiger partial charge in [0.2, 0.25) is 0 Å². The summed E-state index contributed by atoms with van der Waals surface area (Å²) in [5.41, 5.74) is 0. The summed E-state index contributed by atoms with van der Waals surface area (Å²) < 4.78 is 4.91. The van der Waals surface area contributed by atoms with Crippen LogP contribution in [0.2, 0.25) is 0 Å². The van der Waals surface area contributed by atoms with Gasteiger partial charge in [-0.25, -0.2) is 14.4 Å². The fourth-order valence-electron chi connectivity index (χ4n) is 1.43. The van der Waals surface area contributed by atoms with E-state index >= 15 is 0 Å². The van der Waals surface area contributed by atoms with Gasteiger partial charge in [0.1, 0.15) is 0 Å². The SMILES string of the molecule is Br.CC(=O)OO[C@H]1[C@H](OOC(C)=O)COC(O)[C@@H]1OOC(C)=O. The summed E-state index contributed by atoms with van der Waals surface area (Å²) in [6.07, 6.45) is -5.41. The first-order valence-corrected chi connectivity index (χ1v) is 6.12. The van der Waals surface area contributed by atoms with Crippen LogP contribution in [0.1, 0.15) is 20.8 Å². The zero-order valence-corrected chi connectivity index (χ0v) is 14.2. The molecule has 1 heterocycles. The third-order valence-electron chi connectivity index (χ3n) is 2.24. The van der Waals surface area contributed by atoms with Crippen molar-refractivity contribution in [1.82, 2.24) is 0 Å². The topological polar surface area (TPSA) is 136 Å². The molecule has 1 aliphatic heterocycles. The highest BCUT2D eigenvalue weighted by molar-refractivity contribution is 8.93. The van der Waals surface area contributed by atoms with Crippen molar-refractivity contribution in [2.75, 3.05) is 6.61 Å². The summed E-state index contributed by atoms with van der Waals surface area (Å²) in [4.78, 5) is 59.6. The van der Waals surface area contributed by atoms with Crippen LogP contribution in [0.15, 0.2) is 0 Å². The molecule has 0 aromatic carbocycles. The molecule has 1 aliphatic rings. The van der Waals surface area contributed by atoms with E-state index in [4.69, 9.17) is 14.5 Å². The molecule has 4 atom stereocenters. The van der Waals surface area contributed by atoms with Gasteiger partial charge in [0, 0.05) is 20.8 Å². The maximum Gasteiger partial charge on any atom is 0.339 e. The molecule has 0 aromatic heterocycles. The van der Waals surface area contributed by atoms with Crippen LogP contribution in [-0.2, 0) is 48.4 Å². The lowest BCUT2D eigenvalue weighted by atomic mass is 10.1. The lowest BCUT2D eigenvalue weighted by Gasteiger charge is -2.35. The molecule has 1 rings (SSSR count). The first-order chi connectivity index (χ1) is 10.3. The summed E-state index contributed by atoms with van der Waals surface area (Å²) in [7, 11) is 0. The molecule has 134 valence electrons. The third kappa shape index (κ3) is 7.67. The van der Waals surface area contributed by atoms with Gasteiger partial charge in [0.05, 0.1) is 6.61 Å². The predicted molar refractivity (Wildman–Crippen MR) is 72.2 cm³/mol. The monoisotopic (exact) mass is 404 g/mol. The minimum absolute atomic E-state index is 0. The van der Waals surface area contributed by atoms with Gasteiger partial charge in [0.15, 0.2) is 24.6 Å². The van der Waals surface area contributed by atoms with Crippen LogP contribution in [-0.4, -0.2) is 54.2 Å². The van der Waals surface area contributed by atoms with E-state index in [9.17, 15) is 19.5 Å². The quantitative estimate of drug-likeness (QED) is 0.453. The summed E-state index contributed by atoms with van der Waals surface area (Å²) in [5.74, 6) is -2.35. The van der Waals surface area contributed by atoms with Crippen LogP contribution in [0.25, 0.3) is 0 Å². The van der Waals surface area contributed by atoms with Gasteiger partial charge in [-0.1, -0.05) is 0 Å². The van der Waals surface area contributed by atoms with E-state index in [-0.39, 0.29) is 23.6 Å². The first-order valence-electron chi connectivity index (χ1n) is 6.12. The Morgan fingerprint density at radius 2 is 1.30 bits per heavy atom. The fourth-order valence-corrected chi connectivity index (χ4v) is 1.43. The number of rotatable bonds is 6. The van der Waals surface area contributed by atoms with Gasteiger partial charge in [-0.05, 0) is 0 Å². The molecule has 11 nitrogen and oxygen atoms in total. The third-order valence-corrected chi connectivity index (χ3v) is 2.24. The molecule has 12 heteroatoms. The highest BCUT2D eigenvalue weighted by atomic mass is 79.9. The Kier molecular flexibility index (Phi) is 9.87. The fraction of sp³-hybridized carbons (Fsp3) is 0.727. The van der Waals surface area contributed by atoms with Gasteiger partial charge in [0.25, 0.3) is 0 Å². The summed E-state index contributed by atoms with van der Waals surface area (Å²) in [6.45, 7) is 2.94. The van der Waals surface area contributed by atoms with Gasteiger partial charge in [-0.3, -0.25) is 14.7 Å². The average Bonchev–Trinajstić information content (AvgIpc) is 2.42. The van der Waals surface area contributed by atoms with Crippen molar-refractivity contribution >= 4 is 34.9 Å². The molecule has 0 radical (unpaired) electrons. The van der Waals surface area contributed by atoms with Crippen molar-refractivity contribution in [2.24, 2.45) is 0 Å². The Bertz CT molecular complexity index is 415. The lowest BCUT2D eigenvalue weighted by molar-refractivity contribution is -0.438. The maximum atomic E-state index is 10.8. The first kappa shape index (κ1) is 21.7. The largest absolute Gasteiger partial charge is 0.366 e. The standard InChI is InChI=1S/C11H16O11.BrH/c1-5(12)17-20-8-4-16-11(15)10(22-19-7(3)14)9(8)21-18-6(2)13;/h8-11,15H,4H2,1-3H3;1H/t8-,9+,10-,11?;/m1./s1. The molecule has 0 aromatic rings. The van der Waals surface area contributed by atoms with E-state index in [0.29, 0.717) is 0 Å². The highest BCUT2D eigenvalue weighted by Crippen LogP contribution is 2.23. The zero-order chi connectivity index (χ0) is 16.7. The van der Waals surface area contributed by atoms with E-state index in [0.717, 1.165) is 20.8 Å². The molecule has 1 unspecified atom stereocenters. The Hall–Kier alpha value is -1.31. The number of carbonyl (C=O) groups excluding carboxylic acids is 3. The van der Waals surface area contributed by atoms with E-state index in [1.807, 2.05) is 0 Å². The Morgan fingerprint density at radius 1 is 0.870 bits per heavy atom. The van der Waals surface area contributed by atoms with Gasteiger partial charge < -0.3 is 9.84 Å². The van der Waals surface area contributed by atoms with E-state index in [1.54, 1.807) is 0 Å².